The van der Waals surface area contributed by atoms with Gasteiger partial charge in [0.25, 0.3) is 5.56 Å². The van der Waals surface area contributed by atoms with E-state index in [1.54, 1.807) is 0 Å². The molecule has 0 saturated carbocycles. The molecule has 2 aromatic rings. The van der Waals surface area contributed by atoms with Gasteiger partial charge in [-0.05, 0) is 15.9 Å². The van der Waals surface area contributed by atoms with Crippen LogP contribution in [0.15, 0.2) is 14.3 Å². The molecule has 4 atom stereocenters. The molecule has 0 aromatic carbocycles. The highest BCUT2D eigenvalue weighted by Crippen LogP contribution is 2.33. The second-order valence-corrected chi connectivity index (χ2v) is 5.29. The Balaban J connectivity index is 2.19. The molecule has 0 unspecified atom stereocenters. The molecular weight excluding hydrogens is 352 g/mol. The lowest BCUT2D eigenvalue weighted by atomic mass is 10.1. The highest BCUT2D eigenvalue weighted by Gasteiger charge is 2.44. The van der Waals surface area contributed by atoms with Crippen molar-refractivity contribution in [3.05, 3.63) is 25.6 Å². The molecule has 2 aromatic heterocycles. The van der Waals surface area contributed by atoms with Gasteiger partial charge in [0.05, 0.1) is 6.61 Å². The first kappa shape index (κ1) is 14.4. The number of hydrogen-bond acceptors (Lipinski definition) is 7. The van der Waals surface area contributed by atoms with E-state index in [9.17, 15) is 19.8 Å². The molecule has 1 saturated heterocycles. The zero-order valence-electron chi connectivity index (χ0n) is 10.4. The second kappa shape index (κ2) is 5.03. The normalized spacial score (nSPS) is 29.3. The molecule has 1 aliphatic rings. The van der Waals surface area contributed by atoms with Crippen LogP contribution >= 0.6 is 15.9 Å². The minimum absolute atomic E-state index is 0.0328. The second-order valence-electron chi connectivity index (χ2n) is 4.59. The van der Waals surface area contributed by atoms with Crippen LogP contribution in [0.2, 0.25) is 0 Å². The summed E-state index contributed by atoms with van der Waals surface area (Å²) in [7, 11) is 0. The predicted octanol–water partition coefficient (Wildman–Crippen LogP) is -2.21. The molecule has 10 nitrogen and oxygen atoms in total. The quantitative estimate of drug-likeness (QED) is 0.379. The topological polar surface area (TPSA) is 153 Å². The number of H-pyrrole nitrogens is 2. The number of nitrogens with zero attached hydrogens (tertiary/aromatic N) is 2. The summed E-state index contributed by atoms with van der Waals surface area (Å²) in [5, 5.41) is 28.9. The van der Waals surface area contributed by atoms with Crippen molar-refractivity contribution in [2.24, 2.45) is 0 Å². The fourth-order valence-corrected chi connectivity index (χ4v) is 2.87. The van der Waals surface area contributed by atoms with Crippen LogP contribution < -0.4 is 11.2 Å². The Labute approximate surface area is 124 Å². The van der Waals surface area contributed by atoms with Crippen LogP contribution in [0.4, 0.5) is 0 Å². The van der Waals surface area contributed by atoms with E-state index in [1.165, 1.54) is 4.57 Å². The average Bonchev–Trinajstić information content (AvgIpc) is 2.89. The highest BCUT2D eigenvalue weighted by molar-refractivity contribution is 9.10. The maximum atomic E-state index is 11.7. The van der Waals surface area contributed by atoms with Crippen LogP contribution in [0.3, 0.4) is 0 Å². The molecule has 1 fully saturated rings. The number of ether oxygens (including phenoxy) is 1. The van der Waals surface area contributed by atoms with Gasteiger partial charge in [0.15, 0.2) is 22.1 Å². The number of rotatable bonds is 2. The van der Waals surface area contributed by atoms with Gasteiger partial charge >= 0.3 is 5.69 Å². The van der Waals surface area contributed by atoms with Gasteiger partial charge < -0.3 is 20.1 Å². The molecule has 0 aliphatic carbocycles. The first-order valence-electron chi connectivity index (χ1n) is 5.96. The zero-order chi connectivity index (χ0) is 15.3. The van der Waals surface area contributed by atoms with Gasteiger partial charge in [-0.3, -0.25) is 19.3 Å². The highest BCUT2D eigenvalue weighted by atomic mass is 79.9. The SMILES string of the molecule is O=c1[nH]c(=O)c2nc(Br)n([C@H]3O[C@H](CO)[C@@H](O)[C@H]3O)c2[nH]1. The lowest BCUT2D eigenvalue weighted by molar-refractivity contribution is -0.0521. The van der Waals surface area contributed by atoms with Gasteiger partial charge in [0.2, 0.25) is 0 Å². The molecule has 0 spiro atoms. The molecule has 1 aliphatic heterocycles. The standard InChI is InChI=1S/C10H11BrN4O6/c11-9-12-3-6(13-10(20)14-7(3)19)15(9)8-5(18)4(17)2(1-16)21-8/h2,4-5,8,16-18H,1H2,(H2,13,14,19,20)/t2-,4-,5-,8+/m1/s1. The summed E-state index contributed by atoms with van der Waals surface area (Å²) in [5.74, 6) is 0. The average molecular weight is 363 g/mol. The fraction of sp³-hybridized carbons (Fsp3) is 0.500. The van der Waals surface area contributed by atoms with Crippen molar-refractivity contribution in [2.45, 2.75) is 24.5 Å². The van der Waals surface area contributed by atoms with E-state index in [0.29, 0.717) is 0 Å². The Morgan fingerprint density at radius 1 is 1.29 bits per heavy atom. The largest absolute Gasteiger partial charge is 0.394 e. The van der Waals surface area contributed by atoms with Crippen molar-refractivity contribution in [1.29, 1.82) is 0 Å². The van der Waals surface area contributed by atoms with Crippen LogP contribution in [0.25, 0.3) is 11.2 Å². The van der Waals surface area contributed by atoms with Gasteiger partial charge in [-0.15, -0.1) is 0 Å². The first-order valence-corrected chi connectivity index (χ1v) is 6.76. The minimum atomic E-state index is -1.36. The lowest BCUT2D eigenvalue weighted by Crippen LogP contribution is -2.33. The summed E-state index contributed by atoms with van der Waals surface area (Å²) in [4.78, 5) is 31.4. The van der Waals surface area contributed by atoms with Crippen molar-refractivity contribution in [3.8, 4) is 0 Å². The van der Waals surface area contributed by atoms with Crippen LogP contribution in [-0.4, -0.2) is 59.8 Å². The first-order chi connectivity index (χ1) is 9.93. The van der Waals surface area contributed by atoms with E-state index >= 15 is 0 Å². The smallest absolute Gasteiger partial charge is 0.327 e. The molecule has 11 heteroatoms. The molecule has 114 valence electrons. The molecule has 0 amide bonds. The van der Waals surface area contributed by atoms with Crippen LogP contribution in [0.5, 0.6) is 0 Å². The maximum absolute atomic E-state index is 11.7. The summed E-state index contributed by atoms with van der Waals surface area (Å²) >= 11 is 3.11. The number of halogens is 1. The number of aromatic amines is 2. The summed E-state index contributed by atoms with van der Waals surface area (Å²) in [6.45, 7) is -0.490. The molecule has 5 N–H and O–H groups in total. The number of nitrogens with one attached hydrogen (secondary N) is 2. The van der Waals surface area contributed by atoms with Crippen molar-refractivity contribution in [1.82, 2.24) is 19.5 Å². The lowest BCUT2D eigenvalue weighted by Gasteiger charge is -2.17. The summed E-state index contributed by atoms with van der Waals surface area (Å²) < 4.78 is 6.71. The van der Waals surface area contributed by atoms with Crippen LogP contribution in [-0.2, 0) is 4.74 Å². The third-order valence-corrected chi connectivity index (χ3v) is 3.87. The fourth-order valence-electron chi connectivity index (χ4n) is 2.31. The minimum Gasteiger partial charge on any atom is -0.394 e. The summed E-state index contributed by atoms with van der Waals surface area (Å²) in [6, 6.07) is 0. The van der Waals surface area contributed by atoms with Gasteiger partial charge in [0, 0.05) is 0 Å². The number of aliphatic hydroxyl groups is 3. The Hall–Kier alpha value is -1.53. The van der Waals surface area contributed by atoms with Crippen LogP contribution in [0.1, 0.15) is 6.23 Å². The van der Waals surface area contributed by atoms with E-state index in [4.69, 9.17) is 9.84 Å². The predicted molar refractivity (Wildman–Crippen MR) is 71.7 cm³/mol. The van der Waals surface area contributed by atoms with Crippen LogP contribution in [0, 0.1) is 0 Å². The molecule has 21 heavy (non-hydrogen) atoms. The Bertz CT molecular complexity index is 797. The number of aromatic nitrogens is 4. The summed E-state index contributed by atoms with van der Waals surface area (Å²) in [6.07, 6.45) is -4.77. The Morgan fingerprint density at radius 3 is 2.62 bits per heavy atom. The summed E-state index contributed by atoms with van der Waals surface area (Å²) in [5.41, 5.74) is -1.46. The van der Waals surface area contributed by atoms with E-state index in [-0.39, 0.29) is 15.9 Å². The molecule has 0 radical (unpaired) electrons. The number of hydrogen-bond donors (Lipinski definition) is 5. The van der Waals surface area contributed by atoms with Gasteiger partial charge in [-0.25, -0.2) is 9.78 Å². The van der Waals surface area contributed by atoms with Crippen molar-refractivity contribution < 1.29 is 20.1 Å². The van der Waals surface area contributed by atoms with E-state index in [2.05, 4.69) is 25.9 Å². The number of imidazole rings is 1. The number of aliphatic hydroxyl groups excluding tert-OH is 3. The van der Waals surface area contributed by atoms with Crippen molar-refractivity contribution in [2.75, 3.05) is 6.61 Å². The monoisotopic (exact) mass is 362 g/mol. The van der Waals surface area contributed by atoms with Crippen molar-refractivity contribution in [3.63, 3.8) is 0 Å². The van der Waals surface area contributed by atoms with Gasteiger partial charge in [-0.1, -0.05) is 0 Å². The third-order valence-electron chi connectivity index (χ3n) is 3.31. The molecule has 0 bridgehead atoms. The Morgan fingerprint density at radius 2 is 2.00 bits per heavy atom. The Kier molecular flexibility index (Phi) is 3.45. The van der Waals surface area contributed by atoms with Gasteiger partial charge in [0.1, 0.15) is 18.3 Å². The van der Waals surface area contributed by atoms with Gasteiger partial charge in [-0.2, -0.15) is 0 Å². The third kappa shape index (κ3) is 2.13. The molecule has 3 heterocycles. The molecule has 3 rings (SSSR count). The zero-order valence-corrected chi connectivity index (χ0v) is 11.9. The van der Waals surface area contributed by atoms with Crippen molar-refractivity contribution >= 4 is 27.1 Å². The number of fused-ring (bicyclic) bond motifs is 1. The van der Waals surface area contributed by atoms with E-state index in [0.717, 1.165) is 0 Å². The maximum Gasteiger partial charge on any atom is 0.327 e. The van der Waals surface area contributed by atoms with E-state index in [1.807, 2.05) is 4.98 Å². The van der Waals surface area contributed by atoms with E-state index < -0.39 is 42.4 Å². The molecular formula is C10H11BrN4O6.